The second-order valence-corrected chi connectivity index (χ2v) is 8.27. The van der Waals surface area contributed by atoms with Crippen molar-refractivity contribution in [2.45, 2.75) is 6.61 Å². The number of ether oxygens (including phenoxy) is 2. The van der Waals surface area contributed by atoms with Gasteiger partial charge in [-0.3, -0.25) is 9.59 Å². The molecule has 3 rings (SSSR count). The molecule has 0 saturated carbocycles. The second kappa shape index (κ2) is 8.90. The van der Waals surface area contributed by atoms with Crippen LogP contribution in [-0.2, 0) is 6.61 Å². The molecule has 28 heavy (non-hydrogen) atoms. The van der Waals surface area contributed by atoms with E-state index >= 15 is 0 Å². The Morgan fingerprint density at radius 1 is 1.11 bits per heavy atom. The zero-order valence-electron chi connectivity index (χ0n) is 14.9. The molecular weight excluding hydrogens is 444 g/mol. The molecule has 0 unspecified atom stereocenters. The Morgan fingerprint density at radius 3 is 2.57 bits per heavy atom. The molecule has 0 atom stereocenters. The molecule has 1 heterocycles. The van der Waals surface area contributed by atoms with Crippen LogP contribution in [-0.4, -0.2) is 18.9 Å². The van der Waals surface area contributed by atoms with Crippen molar-refractivity contribution >= 4 is 44.8 Å². The standard InChI is InChI=1S/C20H17BrN2O4S/c1-26-17-10-12(6-8-16(17)27-11-13-7-9-18(21)28-13)20(25)23-15-5-3-2-4-14(15)19(22)24/h2-10H,11H2,1H3,(H2,22,24)(H,23,25). The summed E-state index contributed by atoms with van der Waals surface area (Å²) in [6.07, 6.45) is 0. The monoisotopic (exact) mass is 460 g/mol. The molecule has 3 N–H and O–H groups in total. The molecule has 8 heteroatoms. The van der Waals surface area contributed by atoms with Gasteiger partial charge in [0.1, 0.15) is 6.61 Å². The van der Waals surface area contributed by atoms with E-state index in [0.29, 0.717) is 29.4 Å². The Hall–Kier alpha value is -2.84. The molecule has 2 amide bonds. The third-order valence-corrected chi connectivity index (χ3v) is 5.46. The van der Waals surface area contributed by atoms with Crippen LogP contribution >= 0.6 is 27.3 Å². The molecule has 0 spiro atoms. The van der Waals surface area contributed by atoms with Crippen LogP contribution < -0.4 is 20.5 Å². The number of nitrogens with two attached hydrogens (primary N) is 1. The van der Waals surface area contributed by atoms with Crippen molar-refractivity contribution in [3.63, 3.8) is 0 Å². The minimum Gasteiger partial charge on any atom is -0.493 e. The number of rotatable bonds is 7. The van der Waals surface area contributed by atoms with Gasteiger partial charge < -0.3 is 20.5 Å². The summed E-state index contributed by atoms with van der Waals surface area (Å²) in [4.78, 5) is 25.1. The Balaban J connectivity index is 1.75. The fraction of sp³-hybridized carbons (Fsp3) is 0.100. The molecule has 0 aliphatic heterocycles. The molecule has 0 bridgehead atoms. The molecule has 2 aromatic carbocycles. The van der Waals surface area contributed by atoms with Crippen molar-refractivity contribution < 1.29 is 19.1 Å². The fourth-order valence-electron chi connectivity index (χ4n) is 2.51. The normalized spacial score (nSPS) is 10.4. The van der Waals surface area contributed by atoms with E-state index in [9.17, 15) is 9.59 Å². The predicted octanol–water partition coefficient (Wildman–Crippen LogP) is 4.45. The number of hydrogen-bond acceptors (Lipinski definition) is 5. The molecule has 0 radical (unpaired) electrons. The van der Waals surface area contributed by atoms with Gasteiger partial charge in [0, 0.05) is 10.4 Å². The highest BCUT2D eigenvalue weighted by atomic mass is 79.9. The average molecular weight is 461 g/mol. The van der Waals surface area contributed by atoms with Crippen molar-refractivity contribution in [1.82, 2.24) is 0 Å². The maximum absolute atomic E-state index is 12.6. The van der Waals surface area contributed by atoms with Gasteiger partial charge in [0.15, 0.2) is 11.5 Å². The number of carbonyl (C=O) groups excluding carboxylic acids is 2. The van der Waals surface area contributed by atoms with Crippen LogP contribution in [0, 0.1) is 0 Å². The minimum absolute atomic E-state index is 0.241. The lowest BCUT2D eigenvalue weighted by Crippen LogP contribution is -2.18. The molecule has 0 aliphatic carbocycles. The van der Waals surface area contributed by atoms with Crippen molar-refractivity contribution in [2.24, 2.45) is 5.73 Å². The summed E-state index contributed by atoms with van der Waals surface area (Å²) in [5.74, 6) is -0.0363. The number of primary amides is 1. The molecule has 0 saturated heterocycles. The summed E-state index contributed by atoms with van der Waals surface area (Å²) in [6.45, 7) is 0.393. The summed E-state index contributed by atoms with van der Waals surface area (Å²) in [5, 5.41) is 2.70. The van der Waals surface area contributed by atoms with Crippen molar-refractivity contribution in [1.29, 1.82) is 0 Å². The highest BCUT2D eigenvalue weighted by Gasteiger charge is 2.15. The number of amides is 2. The van der Waals surface area contributed by atoms with E-state index in [-0.39, 0.29) is 11.5 Å². The first-order valence-corrected chi connectivity index (χ1v) is 9.84. The van der Waals surface area contributed by atoms with Crippen LogP contribution in [0.15, 0.2) is 58.4 Å². The average Bonchev–Trinajstić information content (AvgIpc) is 3.11. The lowest BCUT2D eigenvalue weighted by molar-refractivity contribution is 0.100. The molecular formula is C20H17BrN2O4S. The van der Waals surface area contributed by atoms with E-state index in [1.807, 2.05) is 12.1 Å². The van der Waals surface area contributed by atoms with Crippen LogP contribution in [0.25, 0.3) is 0 Å². The van der Waals surface area contributed by atoms with Crippen LogP contribution in [0.4, 0.5) is 5.69 Å². The summed E-state index contributed by atoms with van der Waals surface area (Å²) < 4.78 is 12.2. The van der Waals surface area contributed by atoms with E-state index in [2.05, 4.69) is 21.2 Å². The number of methoxy groups -OCH3 is 1. The zero-order valence-corrected chi connectivity index (χ0v) is 17.3. The Kier molecular flexibility index (Phi) is 6.33. The Bertz CT molecular complexity index is 1020. The van der Waals surface area contributed by atoms with Gasteiger partial charge in [-0.1, -0.05) is 12.1 Å². The van der Waals surface area contributed by atoms with Gasteiger partial charge in [-0.2, -0.15) is 0 Å². The first kappa shape index (κ1) is 19.9. The SMILES string of the molecule is COc1cc(C(=O)Nc2ccccc2C(N)=O)ccc1OCc1ccc(Br)s1. The largest absolute Gasteiger partial charge is 0.493 e. The van der Waals surface area contributed by atoms with Gasteiger partial charge in [-0.05, 0) is 58.4 Å². The first-order valence-electron chi connectivity index (χ1n) is 8.23. The van der Waals surface area contributed by atoms with Gasteiger partial charge in [0.2, 0.25) is 0 Å². The maximum atomic E-state index is 12.6. The summed E-state index contributed by atoms with van der Waals surface area (Å²) in [7, 11) is 1.51. The van der Waals surface area contributed by atoms with E-state index in [1.165, 1.54) is 7.11 Å². The van der Waals surface area contributed by atoms with Gasteiger partial charge in [0.25, 0.3) is 11.8 Å². The van der Waals surface area contributed by atoms with Gasteiger partial charge in [0.05, 0.1) is 22.1 Å². The molecule has 6 nitrogen and oxygen atoms in total. The van der Waals surface area contributed by atoms with Crippen molar-refractivity contribution in [3.8, 4) is 11.5 Å². The van der Waals surface area contributed by atoms with Crippen LogP contribution in [0.2, 0.25) is 0 Å². The smallest absolute Gasteiger partial charge is 0.255 e. The predicted molar refractivity (Wildman–Crippen MR) is 112 cm³/mol. The van der Waals surface area contributed by atoms with E-state index in [0.717, 1.165) is 8.66 Å². The number of nitrogens with one attached hydrogen (secondary N) is 1. The highest BCUT2D eigenvalue weighted by Crippen LogP contribution is 2.30. The summed E-state index contributed by atoms with van der Waals surface area (Å²) in [5.41, 5.74) is 6.30. The van der Waals surface area contributed by atoms with E-state index in [1.54, 1.807) is 53.8 Å². The zero-order chi connectivity index (χ0) is 20.1. The highest BCUT2D eigenvalue weighted by molar-refractivity contribution is 9.11. The number of hydrogen-bond donors (Lipinski definition) is 2. The Labute approximate surface area is 174 Å². The van der Waals surface area contributed by atoms with Gasteiger partial charge in [-0.25, -0.2) is 0 Å². The van der Waals surface area contributed by atoms with Crippen molar-refractivity contribution in [2.75, 3.05) is 12.4 Å². The van der Waals surface area contributed by atoms with Crippen LogP contribution in [0.1, 0.15) is 25.6 Å². The third kappa shape index (κ3) is 4.71. The minimum atomic E-state index is -0.613. The molecule has 3 aromatic rings. The molecule has 0 fully saturated rings. The maximum Gasteiger partial charge on any atom is 0.255 e. The number of carbonyl (C=O) groups is 2. The number of thiophene rings is 1. The van der Waals surface area contributed by atoms with Gasteiger partial charge >= 0.3 is 0 Å². The third-order valence-electron chi connectivity index (χ3n) is 3.87. The quantitative estimate of drug-likeness (QED) is 0.544. The second-order valence-electron chi connectivity index (χ2n) is 5.72. The van der Waals surface area contributed by atoms with Crippen molar-refractivity contribution in [3.05, 3.63) is 74.4 Å². The topological polar surface area (TPSA) is 90.6 Å². The first-order chi connectivity index (χ1) is 13.5. The summed E-state index contributed by atoms with van der Waals surface area (Å²) >= 11 is 5.00. The summed E-state index contributed by atoms with van der Waals surface area (Å²) in [6, 6.07) is 15.4. The number of halogens is 1. The molecule has 0 aliphatic rings. The van der Waals surface area contributed by atoms with Crippen LogP contribution in [0.5, 0.6) is 11.5 Å². The molecule has 1 aromatic heterocycles. The van der Waals surface area contributed by atoms with E-state index in [4.69, 9.17) is 15.2 Å². The van der Waals surface area contributed by atoms with E-state index < -0.39 is 5.91 Å². The number of benzene rings is 2. The lowest BCUT2D eigenvalue weighted by atomic mass is 10.1. The number of anilines is 1. The van der Waals surface area contributed by atoms with Gasteiger partial charge in [-0.15, -0.1) is 11.3 Å². The van der Waals surface area contributed by atoms with Crippen LogP contribution in [0.3, 0.4) is 0 Å². The fourth-order valence-corrected chi connectivity index (χ4v) is 3.90. The Morgan fingerprint density at radius 2 is 1.89 bits per heavy atom. The number of para-hydroxylation sites is 1. The molecule has 144 valence electrons. The lowest BCUT2D eigenvalue weighted by Gasteiger charge is -2.13.